The van der Waals surface area contributed by atoms with Gasteiger partial charge in [-0.3, -0.25) is 9.52 Å². The summed E-state index contributed by atoms with van der Waals surface area (Å²) in [5.41, 5.74) is 1.59. The molecule has 0 saturated carbocycles. The van der Waals surface area contributed by atoms with Crippen molar-refractivity contribution in [2.24, 2.45) is 5.92 Å². The third-order valence-electron chi connectivity index (χ3n) is 4.35. The monoisotopic (exact) mass is 353 g/mol. The van der Waals surface area contributed by atoms with E-state index in [1.54, 1.807) is 24.0 Å². The van der Waals surface area contributed by atoms with E-state index in [1.807, 2.05) is 19.1 Å². The van der Waals surface area contributed by atoms with E-state index in [4.69, 9.17) is 0 Å². The van der Waals surface area contributed by atoms with Crippen LogP contribution in [0, 0.1) is 12.8 Å². The van der Waals surface area contributed by atoms with Crippen LogP contribution in [0.5, 0.6) is 0 Å². The van der Waals surface area contributed by atoms with Gasteiger partial charge in [-0.15, -0.1) is 0 Å². The maximum atomic E-state index is 12.5. The Labute approximate surface area is 144 Å². The highest BCUT2D eigenvalue weighted by Gasteiger charge is 2.27. The summed E-state index contributed by atoms with van der Waals surface area (Å²) in [7, 11) is -3.55. The Kier molecular flexibility index (Phi) is 6.23. The summed E-state index contributed by atoms with van der Waals surface area (Å²) >= 11 is 0. The number of anilines is 1. The quantitative estimate of drug-likeness (QED) is 0.842. The average Bonchev–Trinajstić information content (AvgIpc) is 2.55. The lowest BCUT2D eigenvalue weighted by Gasteiger charge is -2.35. The molecule has 1 heterocycles. The number of hydrogen-bond donors (Lipinski definition) is 1. The van der Waals surface area contributed by atoms with Crippen LogP contribution < -0.4 is 4.72 Å². The van der Waals surface area contributed by atoms with Gasteiger partial charge in [0.15, 0.2) is 0 Å². The van der Waals surface area contributed by atoms with Gasteiger partial charge in [0.2, 0.25) is 15.9 Å². The Balaban J connectivity index is 1.91. The van der Waals surface area contributed by atoms with E-state index in [0.29, 0.717) is 18.8 Å². The molecule has 6 nitrogen and oxygen atoms in total. The van der Waals surface area contributed by atoms with Crippen LogP contribution in [0.4, 0.5) is 5.69 Å². The molecule has 1 aromatic rings. The molecule has 1 amide bonds. The number of carbonyl (C=O) groups excluding carboxylic acids is 1. The Morgan fingerprint density at radius 1 is 1.17 bits per heavy atom. The van der Waals surface area contributed by atoms with Gasteiger partial charge in [0.1, 0.15) is 0 Å². The van der Waals surface area contributed by atoms with Crippen LogP contribution in [0.2, 0.25) is 0 Å². The molecule has 0 radical (unpaired) electrons. The largest absolute Gasteiger partial charge is 0.340 e. The van der Waals surface area contributed by atoms with Crippen LogP contribution in [-0.4, -0.2) is 62.6 Å². The van der Waals surface area contributed by atoms with E-state index in [2.05, 4.69) is 16.5 Å². The van der Waals surface area contributed by atoms with E-state index in [9.17, 15) is 13.2 Å². The first-order valence-electron chi connectivity index (χ1n) is 8.39. The number of sulfonamides is 1. The lowest BCUT2D eigenvalue weighted by molar-refractivity contribution is -0.136. The first kappa shape index (κ1) is 18.7. The molecule has 24 heavy (non-hydrogen) atoms. The summed E-state index contributed by atoms with van der Waals surface area (Å²) in [4.78, 5) is 16.5. The topological polar surface area (TPSA) is 69.7 Å². The SMILES string of the molecule is CCN1CCN(C(=O)C(C)CS(=O)(=O)Nc2ccc(C)cc2)CC1. The van der Waals surface area contributed by atoms with Crippen molar-refractivity contribution in [2.75, 3.05) is 43.2 Å². The predicted octanol–water partition coefficient (Wildman–Crippen LogP) is 1.54. The van der Waals surface area contributed by atoms with Gasteiger partial charge in [-0.1, -0.05) is 31.5 Å². The minimum Gasteiger partial charge on any atom is -0.340 e. The molecule has 1 fully saturated rings. The highest BCUT2D eigenvalue weighted by atomic mass is 32.2. The molecule has 1 N–H and O–H groups in total. The van der Waals surface area contributed by atoms with E-state index < -0.39 is 15.9 Å². The highest BCUT2D eigenvalue weighted by molar-refractivity contribution is 7.92. The minimum atomic E-state index is -3.55. The molecule has 134 valence electrons. The fourth-order valence-electron chi connectivity index (χ4n) is 2.84. The van der Waals surface area contributed by atoms with Gasteiger partial charge >= 0.3 is 0 Å². The summed E-state index contributed by atoms with van der Waals surface area (Å²) in [6.07, 6.45) is 0. The van der Waals surface area contributed by atoms with Crippen LogP contribution in [0.25, 0.3) is 0 Å². The summed E-state index contributed by atoms with van der Waals surface area (Å²) < 4.78 is 27.1. The first-order chi connectivity index (χ1) is 11.3. The molecule has 0 spiro atoms. The second-order valence-corrected chi connectivity index (χ2v) is 8.18. The molecular formula is C17H27N3O3S. The van der Waals surface area contributed by atoms with Crippen LogP contribution >= 0.6 is 0 Å². The number of hydrogen-bond acceptors (Lipinski definition) is 4. The first-order valence-corrected chi connectivity index (χ1v) is 10.0. The molecular weight excluding hydrogens is 326 g/mol. The molecule has 0 aliphatic carbocycles. The van der Waals surface area contributed by atoms with Gasteiger partial charge in [-0.05, 0) is 25.6 Å². The fourth-order valence-corrected chi connectivity index (χ4v) is 4.22. The molecule has 1 aromatic carbocycles. The molecule has 1 aliphatic heterocycles. The van der Waals surface area contributed by atoms with E-state index in [1.165, 1.54) is 0 Å². The van der Waals surface area contributed by atoms with Crippen molar-refractivity contribution in [2.45, 2.75) is 20.8 Å². The number of benzene rings is 1. The van der Waals surface area contributed by atoms with Gasteiger partial charge in [0.05, 0.1) is 11.7 Å². The zero-order valence-corrected chi connectivity index (χ0v) is 15.5. The lowest BCUT2D eigenvalue weighted by atomic mass is 10.1. The fraction of sp³-hybridized carbons (Fsp3) is 0.588. The molecule has 0 bridgehead atoms. The van der Waals surface area contributed by atoms with Crippen molar-refractivity contribution in [3.05, 3.63) is 29.8 Å². The van der Waals surface area contributed by atoms with Gasteiger partial charge < -0.3 is 9.80 Å². The Morgan fingerprint density at radius 3 is 2.29 bits per heavy atom. The van der Waals surface area contributed by atoms with Crippen molar-refractivity contribution in [3.8, 4) is 0 Å². The zero-order chi connectivity index (χ0) is 17.7. The van der Waals surface area contributed by atoms with Crippen LogP contribution in [-0.2, 0) is 14.8 Å². The zero-order valence-electron chi connectivity index (χ0n) is 14.7. The summed E-state index contributed by atoms with van der Waals surface area (Å²) in [6, 6.07) is 7.14. The molecule has 0 aromatic heterocycles. The molecule has 1 saturated heterocycles. The predicted molar refractivity (Wildman–Crippen MR) is 96.4 cm³/mol. The second kappa shape index (κ2) is 7.98. The smallest absolute Gasteiger partial charge is 0.233 e. The summed E-state index contributed by atoms with van der Waals surface area (Å²) in [5.74, 6) is -0.839. The number of rotatable bonds is 6. The average molecular weight is 353 g/mol. The standard InChI is InChI=1S/C17H27N3O3S/c1-4-19-9-11-20(12-10-19)17(21)15(3)13-24(22,23)18-16-7-5-14(2)6-8-16/h5-8,15,18H,4,9-13H2,1-3H3. The maximum absolute atomic E-state index is 12.5. The van der Waals surface area contributed by atoms with Crippen LogP contribution in [0.3, 0.4) is 0 Å². The third kappa shape index (κ3) is 5.21. The minimum absolute atomic E-state index is 0.0833. The van der Waals surface area contributed by atoms with E-state index >= 15 is 0 Å². The summed E-state index contributed by atoms with van der Waals surface area (Å²) in [6.45, 7) is 9.74. The van der Waals surface area contributed by atoms with Gasteiger partial charge in [-0.25, -0.2) is 8.42 Å². The maximum Gasteiger partial charge on any atom is 0.233 e. The Bertz CT molecular complexity index is 650. The number of aryl methyl sites for hydroxylation is 1. The van der Waals surface area contributed by atoms with Crippen LogP contribution in [0.15, 0.2) is 24.3 Å². The van der Waals surface area contributed by atoms with Crippen molar-refractivity contribution in [1.29, 1.82) is 0 Å². The number of piperazine rings is 1. The third-order valence-corrected chi connectivity index (χ3v) is 5.83. The molecule has 7 heteroatoms. The van der Waals surface area contributed by atoms with Gasteiger partial charge in [0.25, 0.3) is 0 Å². The number of nitrogens with one attached hydrogen (secondary N) is 1. The second-order valence-electron chi connectivity index (χ2n) is 6.41. The van der Waals surface area contributed by atoms with Crippen LogP contribution in [0.1, 0.15) is 19.4 Å². The van der Waals surface area contributed by atoms with Crippen molar-refractivity contribution in [1.82, 2.24) is 9.80 Å². The molecule has 1 atom stereocenters. The van der Waals surface area contributed by atoms with E-state index in [-0.39, 0.29) is 11.7 Å². The number of nitrogens with zero attached hydrogens (tertiary/aromatic N) is 2. The lowest BCUT2D eigenvalue weighted by Crippen LogP contribution is -2.50. The number of likely N-dealkylation sites (N-methyl/N-ethyl adjacent to an activating group) is 1. The molecule has 2 rings (SSSR count). The van der Waals surface area contributed by atoms with Gasteiger partial charge in [0, 0.05) is 31.9 Å². The Morgan fingerprint density at radius 2 is 1.75 bits per heavy atom. The Hall–Kier alpha value is -1.60. The number of carbonyl (C=O) groups is 1. The van der Waals surface area contributed by atoms with Crippen molar-refractivity contribution < 1.29 is 13.2 Å². The molecule has 1 aliphatic rings. The number of amides is 1. The molecule has 1 unspecified atom stereocenters. The van der Waals surface area contributed by atoms with E-state index in [0.717, 1.165) is 25.2 Å². The highest BCUT2D eigenvalue weighted by Crippen LogP contribution is 2.14. The van der Waals surface area contributed by atoms with Crippen molar-refractivity contribution in [3.63, 3.8) is 0 Å². The summed E-state index contributed by atoms with van der Waals surface area (Å²) in [5, 5.41) is 0. The van der Waals surface area contributed by atoms with Crippen molar-refractivity contribution >= 4 is 21.6 Å². The normalized spacial score (nSPS) is 17.5. The van der Waals surface area contributed by atoms with Gasteiger partial charge in [-0.2, -0.15) is 0 Å².